The molecular formula is C22H20N4O. The number of rotatable bonds is 4. The van der Waals surface area contributed by atoms with Gasteiger partial charge in [0.25, 0.3) is 5.56 Å². The third kappa shape index (κ3) is 3.19. The highest BCUT2D eigenvalue weighted by Gasteiger charge is 2.13. The van der Waals surface area contributed by atoms with E-state index < -0.39 is 0 Å². The maximum atomic E-state index is 13.4. The normalized spacial score (nSPS) is 11.5. The third-order valence-electron chi connectivity index (χ3n) is 4.51. The molecule has 0 saturated heterocycles. The summed E-state index contributed by atoms with van der Waals surface area (Å²) in [5.74, 6) is 0.757. The lowest BCUT2D eigenvalue weighted by Gasteiger charge is -2.13. The molecule has 0 spiro atoms. The molecule has 0 amide bonds. The zero-order valence-electron chi connectivity index (χ0n) is 15.3. The molecule has 0 aliphatic rings. The SMILES string of the molecule is CCc1nc2cccc(/C=C/c3cnn(C)c3)c2c(=O)n1-c1ccccc1. The van der Waals surface area contributed by atoms with Crippen LogP contribution < -0.4 is 5.56 Å². The third-order valence-corrected chi connectivity index (χ3v) is 4.51. The lowest BCUT2D eigenvalue weighted by Crippen LogP contribution is -2.24. The zero-order chi connectivity index (χ0) is 18.8. The number of hydrogen-bond donors (Lipinski definition) is 0. The van der Waals surface area contributed by atoms with Crippen molar-refractivity contribution in [2.75, 3.05) is 0 Å². The summed E-state index contributed by atoms with van der Waals surface area (Å²) in [5, 5.41) is 4.80. The molecule has 5 heteroatoms. The average molecular weight is 356 g/mol. The highest BCUT2D eigenvalue weighted by atomic mass is 16.1. The first-order chi connectivity index (χ1) is 13.2. The number of fused-ring (bicyclic) bond motifs is 1. The minimum absolute atomic E-state index is 0.0468. The van der Waals surface area contributed by atoms with Crippen LogP contribution in [-0.2, 0) is 13.5 Å². The molecule has 0 unspecified atom stereocenters. The van der Waals surface area contributed by atoms with Crippen molar-refractivity contribution in [2.24, 2.45) is 7.05 Å². The van der Waals surface area contributed by atoms with E-state index in [-0.39, 0.29) is 5.56 Å². The molecule has 4 aromatic rings. The van der Waals surface area contributed by atoms with Gasteiger partial charge in [-0.05, 0) is 23.8 Å². The molecular weight excluding hydrogens is 336 g/mol. The van der Waals surface area contributed by atoms with Gasteiger partial charge in [-0.25, -0.2) is 4.98 Å². The molecule has 2 aromatic carbocycles. The number of para-hydroxylation sites is 1. The molecule has 4 rings (SSSR count). The van der Waals surface area contributed by atoms with Gasteiger partial charge >= 0.3 is 0 Å². The Bertz CT molecular complexity index is 1190. The van der Waals surface area contributed by atoms with Gasteiger partial charge in [-0.2, -0.15) is 5.10 Å². The molecule has 134 valence electrons. The average Bonchev–Trinajstić information content (AvgIpc) is 3.11. The van der Waals surface area contributed by atoms with Gasteiger partial charge in [0.05, 0.1) is 22.8 Å². The lowest BCUT2D eigenvalue weighted by atomic mass is 10.1. The second-order valence-corrected chi connectivity index (χ2v) is 6.38. The van der Waals surface area contributed by atoms with Gasteiger partial charge in [-0.1, -0.05) is 49.4 Å². The minimum Gasteiger partial charge on any atom is -0.275 e. The quantitative estimate of drug-likeness (QED) is 0.558. The van der Waals surface area contributed by atoms with Gasteiger partial charge in [0.1, 0.15) is 5.82 Å². The summed E-state index contributed by atoms with van der Waals surface area (Å²) in [6.45, 7) is 2.01. The van der Waals surface area contributed by atoms with Gasteiger partial charge in [0.15, 0.2) is 0 Å². The summed E-state index contributed by atoms with van der Waals surface area (Å²) in [7, 11) is 1.88. The summed E-state index contributed by atoms with van der Waals surface area (Å²) in [5.41, 5.74) is 3.34. The highest BCUT2D eigenvalue weighted by molar-refractivity contribution is 5.90. The van der Waals surface area contributed by atoms with Crippen LogP contribution in [-0.4, -0.2) is 19.3 Å². The van der Waals surface area contributed by atoms with Gasteiger partial charge < -0.3 is 0 Å². The van der Waals surface area contributed by atoms with Crippen LogP contribution in [0.15, 0.2) is 65.7 Å². The van der Waals surface area contributed by atoms with Crippen LogP contribution in [0.5, 0.6) is 0 Å². The summed E-state index contributed by atoms with van der Waals surface area (Å²) in [6.07, 6.45) is 8.30. The molecule has 2 heterocycles. The van der Waals surface area contributed by atoms with Crippen molar-refractivity contribution in [3.63, 3.8) is 0 Å². The fourth-order valence-corrected chi connectivity index (χ4v) is 3.23. The van der Waals surface area contributed by atoms with Crippen LogP contribution in [0.3, 0.4) is 0 Å². The molecule has 5 nitrogen and oxygen atoms in total. The first-order valence-electron chi connectivity index (χ1n) is 8.94. The zero-order valence-corrected chi connectivity index (χ0v) is 15.3. The monoisotopic (exact) mass is 356 g/mol. The Kier molecular flexibility index (Phi) is 4.42. The molecule has 0 aliphatic carbocycles. The molecule has 27 heavy (non-hydrogen) atoms. The van der Waals surface area contributed by atoms with Crippen LogP contribution >= 0.6 is 0 Å². The first-order valence-corrected chi connectivity index (χ1v) is 8.94. The second kappa shape index (κ2) is 7.03. The minimum atomic E-state index is -0.0468. The van der Waals surface area contributed by atoms with Crippen molar-refractivity contribution < 1.29 is 0 Å². The number of benzene rings is 2. The van der Waals surface area contributed by atoms with E-state index in [0.29, 0.717) is 11.8 Å². The van der Waals surface area contributed by atoms with E-state index in [9.17, 15) is 4.79 Å². The Morgan fingerprint density at radius 3 is 2.56 bits per heavy atom. The predicted octanol–water partition coefficient (Wildman–Crippen LogP) is 3.85. The maximum Gasteiger partial charge on any atom is 0.266 e. The lowest BCUT2D eigenvalue weighted by molar-refractivity contribution is 0.767. The Balaban J connectivity index is 1.94. The number of hydrogen-bond acceptors (Lipinski definition) is 3. The Morgan fingerprint density at radius 2 is 1.85 bits per heavy atom. The summed E-state index contributed by atoms with van der Waals surface area (Å²) in [4.78, 5) is 18.2. The smallest absolute Gasteiger partial charge is 0.266 e. The fraction of sp³-hybridized carbons (Fsp3) is 0.136. The van der Waals surface area contributed by atoms with E-state index in [4.69, 9.17) is 4.98 Å². The van der Waals surface area contributed by atoms with Gasteiger partial charge in [0, 0.05) is 25.2 Å². The summed E-state index contributed by atoms with van der Waals surface area (Å²) in [6, 6.07) is 15.4. The van der Waals surface area contributed by atoms with Crippen molar-refractivity contribution in [1.29, 1.82) is 0 Å². The van der Waals surface area contributed by atoms with Crippen molar-refractivity contribution >= 4 is 23.1 Å². The van der Waals surface area contributed by atoms with E-state index in [1.165, 1.54) is 0 Å². The van der Waals surface area contributed by atoms with E-state index in [0.717, 1.165) is 28.2 Å². The highest BCUT2D eigenvalue weighted by Crippen LogP contribution is 2.19. The molecule has 0 bridgehead atoms. The molecule has 0 N–H and O–H groups in total. The second-order valence-electron chi connectivity index (χ2n) is 6.38. The number of aromatic nitrogens is 4. The van der Waals surface area contributed by atoms with Crippen LogP contribution in [0.4, 0.5) is 0 Å². The Morgan fingerprint density at radius 1 is 1.04 bits per heavy atom. The van der Waals surface area contributed by atoms with E-state index in [1.807, 2.05) is 80.9 Å². The number of aryl methyl sites for hydroxylation is 2. The van der Waals surface area contributed by atoms with E-state index in [2.05, 4.69) is 5.10 Å². The summed E-state index contributed by atoms with van der Waals surface area (Å²) >= 11 is 0. The summed E-state index contributed by atoms with van der Waals surface area (Å²) < 4.78 is 3.46. The van der Waals surface area contributed by atoms with E-state index in [1.54, 1.807) is 15.4 Å². The maximum absolute atomic E-state index is 13.4. The topological polar surface area (TPSA) is 52.7 Å². The van der Waals surface area contributed by atoms with E-state index >= 15 is 0 Å². The van der Waals surface area contributed by atoms with Crippen LogP contribution in [0.1, 0.15) is 23.9 Å². The van der Waals surface area contributed by atoms with Crippen molar-refractivity contribution in [2.45, 2.75) is 13.3 Å². The molecule has 2 aromatic heterocycles. The Hall–Kier alpha value is -3.47. The molecule has 0 aliphatic heterocycles. The molecule has 0 radical (unpaired) electrons. The van der Waals surface area contributed by atoms with Crippen molar-refractivity contribution in [1.82, 2.24) is 19.3 Å². The van der Waals surface area contributed by atoms with Crippen molar-refractivity contribution in [3.8, 4) is 5.69 Å². The van der Waals surface area contributed by atoms with Crippen LogP contribution in [0.2, 0.25) is 0 Å². The fourth-order valence-electron chi connectivity index (χ4n) is 3.23. The van der Waals surface area contributed by atoms with Gasteiger partial charge in [-0.3, -0.25) is 14.0 Å². The largest absolute Gasteiger partial charge is 0.275 e. The Labute approximate surface area is 157 Å². The number of nitrogens with zero attached hydrogens (tertiary/aromatic N) is 4. The van der Waals surface area contributed by atoms with Crippen molar-refractivity contribution in [3.05, 3.63) is 88.2 Å². The predicted molar refractivity (Wildman–Crippen MR) is 109 cm³/mol. The first kappa shape index (κ1) is 17.0. The van der Waals surface area contributed by atoms with Crippen LogP contribution in [0.25, 0.3) is 28.7 Å². The van der Waals surface area contributed by atoms with Gasteiger partial charge in [0.2, 0.25) is 0 Å². The van der Waals surface area contributed by atoms with Gasteiger partial charge in [-0.15, -0.1) is 0 Å². The standard InChI is InChI=1S/C22H20N4O/c1-3-20-24-19-11-7-8-17(13-12-16-14-23-25(2)15-16)21(19)22(27)26(20)18-9-5-4-6-10-18/h4-15H,3H2,1-2H3/b13-12+. The molecule has 0 fully saturated rings. The molecule has 0 atom stereocenters. The molecule has 0 saturated carbocycles. The van der Waals surface area contributed by atoms with Crippen LogP contribution in [0, 0.1) is 0 Å².